The quantitative estimate of drug-likeness (QED) is 0.439. The van der Waals surface area contributed by atoms with E-state index in [1.54, 1.807) is 18.2 Å². The molecule has 0 unspecified atom stereocenters. The normalized spacial score (nSPS) is 10.7. The van der Waals surface area contributed by atoms with Gasteiger partial charge in [0.1, 0.15) is 11.8 Å². The first-order valence-electron chi connectivity index (χ1n) is 4.92. The molecule has 0 aromatic heterocycles. The lowest BCUT2D eigenvalue weighted by atomic mass is 10.2. The number of amidine groups is 1. The molecule has 6 nitrogen and oxygen atoms in total. The molecule has 1 aromatic rings. The Morgan fingerprint density at radius 3 is 2.78 bits per heavy atom. The van der Waals surface area contributed by atoms with Gasteiger partial charge in [0.25, 0.3) is 0 Å². The van der Waals surface area contributed by atoms with Crippen LogP contribution in [0.3, 0.4) is 0 Å². The van der Waals surface area contributed by atoms with Crippen molar-refractivity contribution < 1.29 is 4.74 Å². The molecule has 0 amide bonds. The van der Waals surface area contributed by atoms with Crippen LogP contribution in [0.4, 0.5) is 5.69 Å². The summed E-state index contributed by atoms with van der Waals surface area (Å²) in [7, 11) is 1.51. The van der Waals surface area contributed by atoms with Crippen LogP contribution >= 0.6 is 11.6 Å². The van der Waals surface area contributed by atoms with Crippen molar-refractivity contribution in [2.45, 2.75) is 6.92 Å². The number of hydrogen-bond donors (Lipinski definition) is 3. The second-order valence-electron chi connectivity index (χ2n) is 3.40. The summed E-state index contributed by atoms with van der Waals surface area (Å²) < 4.78 is 5.15. The number of rotatable bonds is 4. The molecule has 0 atom stereocenters. The van der Waals surface area contributed by atoms with Crippen LogP contribution in [0.5, 0.6) is 5.75 Å². The summed E-state index contributed by atoms with van der Waals surface area (Å²) in [6, 6.07) is 5.05. The Hall–Kier alpha value is -2.26. The van der Waals surface area contributed by atoms with Gasteiger partial charge < -0.3 is 10.5 Å². The number of hydrogen-bond acceptors (Lipinski definition) is 5. The third kappa shape index (κ3) is 3.12. The van der Waals surface area contributed by atoms with Crippen LogP contribution in [0.1, 0.15) is 5.56 Å². The summed E-state index contributed by atoms with van der Waals surface area (Å²) in [4.78, 5) is 0. The number of ether oxygens (including phenoxy) is 1. The van der Waals surface area contributed by atoms with Gasteiger partial charge in [-0.3, -0.25) is 10.8 Å². The average Bonchev–Trinajstić information content (AvgIpc) is 2.33. The molecule has 0 aliphatic rings. The zero-order valence-electron chi connectivity index (χ0n) is 9.91. The lowest BCUT2D eigenvalue weighted by Crippen LogP contribution is -2.21. The zero-order valence-corrected chi connectivity index (χ0v) is 10.7. The van der Waals surface area contributed by atoms with E-state index in [1.165, 1.54) is 7.11 Å². The van der Waals surface area contributed by atoms with Crippen LogP contribution < -0.4 is 15.9 Å². The van der Waals surface area contributed by atoms with E-state index in [0.717, 1.165) is 5.56 Å². The molecule has 0 radical (unpaired) electrons. The van der Waals surface area contributed by atoms with Crippen molar-refractivity contribution in [3.05, 3.63) is 22.7 Å². The molecule has 94 valence electrons. The highest BCUT2D eigenvalue weighted by atomic mass is 35.5. The van der Waals surface area contributed by atoms with Gasteiger partial charge in [-0.15, -0.1) is 0 Å². The maximum atomic E-state index is 8.70. The lowest BCUT2D eigenvalue weighted by molar-refractivity contribution is 0.416. The monoisotopic (exact) mass is 265 g/mol. The molecule has 0 saturated carbocycles. The third-order valence-corrected chi connectivity index (χ3v) is 2.54. The molecule has 4 N–H and O–H groups in total. The molecule has 1 rings (SSSR count). The van der Waals surface area contributed by atoms with Crippen LogP contribution in [0, 0.1) is 23.7 Å². The zero-order chi connectivity index (χ0) is 13.7. The summed E-state index contributed by atoms with van der Waals surface area (Å²) in [5.74, 6) is 0.115. The highest BCUT2D eigenvalue weighted by molar-refractivity contribution is 6.45. The number of hydrazone groups is 1. The van der Waals surface area contributed by atoms with Gasteiger partial charge in [0, 0.05) is 5.02 Å². The molecule has 0 bridgehead atoms. The van der Waals surface area contributed by atoms with Gasteiger partial charge in [0.05, 0.1) is 12.8 Å². The minimum Gasteiger partial charge on any atom is -0.495 e. The van der Waals surface area contributed by atoms with Crippen LogP contribution in [0.15, 0.2) is 17.2 Å². The van der Waals surface area contributed by atoms with Crippen molar-refractivity contribution >= 4 is 28.8 Å². The number of nitriles is 1. The predicted molar refractivity (Wildman–Crippen MR) is 71.3 cm³/mol. The Balaban J connectivity index is 3.08. The predicted octanol–water partition coefficient (Wildman–Crippen LogP) is 1.88. The van der Waals surface area contributed by atoms with Crippen molar-refractivity contribution in [1.82, 2.24) is 0 Å². The van der Waals surface area contributed by atoms with E-state index in [1.807, 2.05) is 6.92 Å². The molecule has 0 aliphatic carbocycles. The maximum Gasteiger partial charge on any atom is 0.201 e. The number of benzene rings is 1. The standard InChI is InChI=1S/C11H12ClN5O/c1-6-3-10(18-2)8(4-7(6)12)16-17-9(5-13)11(14)15/h3-4,16H,1-2H3,(H3,14,15)/b17-9+. The molecule has 0 aliphatic heterocycles. The lowest BCUT2D eigenvalue weighted by Gasteiger charge is -2.10. The molecule has 0 heterocycles. The summed E-state index contributed by atoms with van der Waals surface area (Å²) in [5, 5.41) is 20.1. The largest absolute Gasteiger partial charge is 0.495 e. The maximum absolute atomic E-state index is 8.70. The van der Waals surface area contributed by atoms with Gasteiger partial charge >= 0.3 is 0 Å². The number of halogens is 1. The molecular weight excluding hydrogens is 254 g/mol. The van der Waals surface area contributed by atoms with E-state index in [0.29, 0.717) is 16.5 Å². The van der Waals surface area contributed by atoms with Crippen molar-refractivity contribution in [1.29, 1.82) is 10.7 Å². The van der Waals surface area contributed by atoms with Gasteiger partial charge in [0.15, 0.2) is 5.84 Å². The van der Waals surface area contributed by atoms with Crippen LogP contribution in [0.25, 0.3) is 0 Å². The second-order valence-corrected chi connectivity index (χ2v) is 3.81. The second kappa shape index (κ2) is 5.89. The summed E-state index contributed by atoms with van der Waals surface area (Å²) >= 11 is 5.98. The summed E-state index contributed by atoms with van der Waals surface area (Å²) in [6.07, 6.45) is 0. The van der Waals surface area contributed by atoms with Gasteiger partial charge in [-0.1, -0.05) is 11.6 Å². The van der Waals surface area contributed by atoms with Crippen molar-refractivity contribution in [2.75, 3.05) is 12.5 Å². The SMILES string of the molecule is COc1cc(C)c(Cl)cc1N/N=C(\C#N)C(=N)N. The Morgan fingerprint density at radius 1 is 1.61 bits per heavy atom. The summed E-state index contributed by atoms with van der Waals surface area (Å²) in [5.41, 5.74) is 8.90. The van der Waals surface area contributed by atoms with Crippen molar-refractivity contribution in [2.24, 2.45) is 10.8 Å². The topological polar surface area (TPSA) is 107 Å². The molecule has 0 fully saturated rings. The van der Waals surface area contributed by atoms with Gasteiger partial charge in [-0.25, -0.2) is 0 Å². The van der Waals surface area contributed by atoms with E-state index in [9.17, 15) is 0 Å². The number of anilines is 1. The van der Waals surface area contributed by atoms with E-state index < -0.39 is 5.84 Å². The third-order valence-electron chi connectivity index (χ3n) is 2.13. The molecule has 18 heavy (non-hydrogen) atoms. The van der Waals surface area contributed by atoms with E-state index in [-0.39, 0.29) is 5.71 Å². The number of methoxy groups -OCH3 is 1. The molecule has 0 spiro atoms. The molecule has 7 heteroatoms. The Bertz CT molecular complexity index is 547. The Kier molecular flexibility index (Phi) is 4.52. The molecular formula is C11H12ClN5O. The Morgan fingerprint density at radius 2 is 2.28 bits per heavy atom. The van der Waals surface area contributed by atoms with Crippen molar-refractivity contribution in [3.63, 3.8) is 0 Å². The van der Waals surface area contributed by atoms with Crippen LogP contribution in [-0.4, -0.2) is 18.7 Å². The Labute approximate surface area is 110 Å². The van der Waals surface area contributed by atoms with Gasteiger partial charge in [0.2, 0.25) is 5.71 Å². The fraction of sp³-hybridized carbons (Fsp3) is 0.182. The fourth-order valence-corrected chi connectivity index (χ4v) is 1.34. The smallest absolute Gasteiger partial charge is 0.201 e. The number of nitrogens with zero attached hydrogens (tertiary/aromatic N) is 2. The highest BCUT2D eigenvalue weighted by Crippen LogP contribution is 2.30. The average molecular weight is 266 g/mol. The number of nitrogens with one attached hydrogen (secondary N) is 2. The molecule has 1 aromatic carbocycles. The van der Waals surface area contributed by atoms with Crippen molar-refractivity contribution in [3.8, 4) is 11.8 Å². The first-order chi connectivity index (χ1) is 8.49. The van der Waals surface area contributed by atoms with Gasteiger partial charge in [-0.05, 0) is 24.6 Å². The first-order valence-corrected chi connectivity index (χ1v) is 5.29. The summed E-state index contributed by atoms with van der Waals surface area (Å²) in [6.45, 7) is 1.84. The fourth-order valence-electron chi connectivity index (χ4n) is 1.17. The van der Waals surface area contributed by atoms with Crippen LogP contribution in [0.2, 0.25) is 5.02 Å². The minimum atomic E-state index is -0.415. The van der Waals surface area contributed by atoms with Gasteiger partial charge in [-0.2, -0.15) is 10.4 Å². The first kappa shape index (κ1) is 13.8. The number of aryl methyl sites for hydroxylation is 1. The van der Waals surface area contributed by atoms with E-state index >= 15 is 0 Å². The number of nitrogens with two attached hydrogens (primary N) is 1. The van der Waals surface area contributed by atoms with Crippen LogP contribution in [-0.2, 0) is 0 Å². The highest BCUT2D eigenvalue weighted by Gasteiger charge is 2.07. The minimum absolute atomic E-state index is 0.214. The van der Waals surface area contributed by atoms with E-state index in [4.69, 9.17) is 32.7 Å². The van der Waals surface area contributed by atoms with E-state index in [2.05, 4.69) is 10.5 Å². The molecule has 0 saturated heterocycles.